The van der Waals surface area contributed by atoms with Gasteiger partial charge in [0.15, 0.2) is 0 Å². The van der Waals surface area contributed by atoms with E-state index in [9.17, 15) is 9.50 Å². The summed E-state index contributed by atoms with van der Waals surface area (Å²) in [6.07, 6.45) is 0.558. The van der Waals surface area contributed by atoms with Gasteiger partial charge in [-0.05, 0) is 44.0 Å². The van der Waals surface area contributed by atoms with Crippen LogP contribution in [-0.4, -0.2) is 17.8 Å². The number of phenolic OH excluding ortho intramolecular Hbond substituents is 1. The number of piperidine rings is 1. The van der Waals surface area contributed by atoms with Gasteiger partial charge in [0, 0.05) is 0 Å². The molecule has 0 amide bonds. The number of aromatic hydroxyl groups is 1. The van der Waals surface area contributed by atoms with Crippen molar-refractivity contribution in [2.45, 2.75) is 31.5 Å². The second kappa shape index (κ2) is 5.02. The number of alkyl halides is 1. The van der Waals surface area contributed by atoms with Crippen molar-refractivity contribution in [1.82, 2.24) is 5.32 Å². The Bertz CT molecular complexity index is 361. The molecule has 1 fully saturated rings. The Labute approximate surface area is 101 Å². The van der Waals surface area contributed by atoms with E-state index in [4.69, 9.17) is 0 Å². The van der Waals surface area contributed by atoms with Gasteiger partial charge in [0.25, 0.3) is 0 Å². The molecule has 1 aromatic rings. The van der Waals surface area contributed by atoms with E-state index in [-0.39, 0.29) is 18.2 Å². The highest BCUT2D eigenvalue weighted by Gasteiger charge is 2.38. The maximum absolute atomic E-state index is 13.9. The highest BCUT2D eigenvalue weighted by atomic mass is 35.5. The van der Waals surface area contributed by atoms with Crippen LogP contribution in [-0.2, 0) is 5.54 Å². The Morgan fingerprint density at radius 1 is 1.50 bits per heavy atom. The van der Waals surface area contributed by atoms with Gasteiger partial charge in [0.05, 0.1) is 5.54 Å². The van der Waals surface area contributed by atoms with Crippen LogP contribution < -0.4 is 5.32 Å². The first-order chi connectivity index (χ1) is 7.13. The van der Waals surface area contributed by atoms with Crippen molar-refractivity contribution >= 4 is 12.4 Å². The van der Waals surface area contributed by atoms with E-state index in [0.29, 0.717) is 6.42 Å². The highest BCUT2D eigenvalue weighted by molar-refractivity contribution is 5.85. The fourth-order valence-electron chi connectivity index (χ4n) is 2.14. The van der Waals surface area contributed by atoms with Gasteiger partial charge >= 0.3 is 0 Å². The van der Waals surface area contributed by atoms with Gasteiger partial charge in [-0.15, -0.1) is 12.4 Å². The lowest BCUT2D eigenvalue weighted by molar-refractivity contribution is 0.121. The third kappa shape index (κ3) is 2.30. The van der Waals surface area contributed by atoms with Crippen LogP contribution in [0.25, 0.3) is 0 Å². The fourth-order valence-corrected chi connectivity index (χ4v) is 2.14. The standard InChI is InChI=1S/C12H16FNO.ClH/c1-12(11(13)6-3-7-14-12)9-4-2-5-10(15)8-9;/h2,4-5,8,11,14-15H,3,6-7H2,1H3;1H. The molecule has 2 unspecified atom stereocenters. The molecule has 0 bridgehead atoms. The van der Waals surface area contributed by atoms with Crippen LogP contribution in [0.3, 0.4) is 0 Å². The zero-order valence-corrected chi connectivity index (χ0v) is 10.1. The molecule has 0 saturated carbocycles. The van der Waals surface area contributed by atoms with Crippen LogP contribution in [0.15, 0.2) is 24.3 Å². The number of halogens is 2. The quantitative estimate of drug-likeness (QED) is 0.798. The van der Waals surface area contributed by atoms with Crippen molar-refractivity contribution in [3.8, 4) is 5.75 Å². The molecule has 0 aliphatic carbocycles. The van der Waals surface area contributed by atoms with Crippen molar-refractivity contribution in [2.75, 3.05) is 6.54 Å². The van der Waals surface area contributed by atoms with Crippen LogP contribution in [0, 0.1) is 0 Å². The number of nitrogens with one attached hydrogen (secondary N) is 1. The SMILES string of the molecule is CC1(c2cccc(O)c2)NCCCC1F.Cl. The third-order valence-corrected chi connectivity index (χ3v) is 3.20. The van der Waals surface area contributed by atoms with Gasteiger partial charge in [-0.2, -0.15) is 0 Å². The van der Waals surface area contributed by atoms with Crippen molar-refractivity contribution in [3.05, 3.63) is 29.8 Å². The van der Waals surface area contributed by atoms with E-state index in [1.807, 2.05) is 13.0 Å². The molecule has 0 aromatic heterocycles. The van der Waals surface area contributed by atoms with Crippen LogP contribution in [0.4, 0.5) is 4.39 Å². The van der Waals surface area contributed by atoms with Crippen LogP contribution in [0.5, 0.6) is 5.75 Å². The molecular formula is C12H17ClFNO. The van der Waals surface area contributed by atoms with Crippen LogP contribution in [0.2, 0.25) is 0 Å². The van der Waals surface area contributed by atoms with Gasteiger partial charge in [-0.1, -0.05) is 12.1 Å². The summed E-state index contributed by atoms with van der Waals surface area (Å²) in [5, 5.41) is 12.6. The molecule has 1 heterocycles. The Morgan fingerprint density at radius 2 is 2.25 bits per heavy atom. The van der Waals surface area contributed by atoms with E-state index in [2.05, 4.69) is 5.32 Å². The monoisotopic (exact) mass is 245 g/mol. The number of hydrogen-bond donors (Lipinski definition) is 2. The van der Waals surface area contributed by atoms with Gasteiger partial charge in [-0.3, -0.25) is 0 Å². The molecule has 4 heteroatoms. The van der Waals surface area contributed by atoms with E-state index < -0.39 is 11.7 Å². The van der Waals surface area contributed by atoms with Gasteiger partial charge < -0.3 is 10.4 Å². The molecule has 16 heavy (non-hydrogen) atoms. The second-order valence-corrected chi connectivity index (χ2v) is 4.29. The molecular weight excluding hydrogens is 229 g/mol. The van der Waals surface area contributed by atoms with Crippen molar-refractivity contribution in [3.63, 3.8) is 0 Å². The molecule has 2 nitrogen and oxygen atoms in total. The lowest BCUT2D eigenvalue weighted by Crippen LogP contribution is -2.51. The van der Waals surface area contributed by atoms with E-state index in [1.165, 1.54) is 0 Å². The zero-order chi connectivity index (χ0) is 10.9. The predicted molar refractivity (Wildman–Crippen MR) is 64.8 cm³/mol. The van der Waals surface area contributed by atoms with Crippen molar-refractivity contribution in [2.24, 2.45) is 0 Å². The Hall–Kier alpha value is -0.800. The predicted octanol–water partition coefficient (Wildman–Crippen LogP) is 2.75. The van der Waals surface area contributed by atoms with Crippen molar-refractivity contribution < 1.29 is 9.50 Å². The number of phenols is 1. The molecule has 2 atom stereocenters. The van der Waals surface area contributed by atoms with Gasteiger partial charge in [0.1, 0.15) is 11.9 Å². The van der Waals surface area contributed by atoms with Gasteiger partial charge in [0.2, 0.25) is 0 Å². The number of rotatable bonds is 1. The van der Waals surface area contributed by atoms with Crippen molar-refractivity contribution in [1.29, 1.82) is 0 Å². The first-order valence-electron chi connectivity index (χ1n) is 5.31. The second-order valence-electron chi connectivity index (χ2n) is 4.29. The topological polar surface area (TPSA) is 32.3 Å². The highest BCUT2D eigenvalue weighted by Crippen LogP contribution is 2.33. The molecule has 1 aromatic carbocycles. The lowest BCUT2D eigenvalue weighted by atomic mass is 9.82. The first-order valence-corrected chi connectivity index (χ1v) is 5.31. The molecule has 2 rings (SSSR count). The Kier molecular flexibility index (Phi) is 4.16. The Morgan fingerprint density at radius 3 is 2.88 bits per heavy atom. The molecule has 0 spiro atoms. The first kappa shape index (κ1) is 13.3. The largest absolute Gasteiger partial charge is 0.508 e. The van der Waals surface area contributed by atoms with E-state index in [1.54, 1.807) is 18.2 Å². The summed E-state index contributed by atoms with van der Waals surface area (Å²) in [5.41, 5.74) is 0.159. The minimum atomic E-state index is -0.895. The zero-order valence-electron chi connectivity index (χ0n) is 9.24. The number of benzene rings is 1. The van der Waals surface area contributed by atoms with Crippen LogP contribution >= 0.6 is 12.4 Å². The summed E-state index contributed by atoms with van der Waals surface area (Å²) in [6, 6.07) is 6.83. The minimum Gasteiger partial charge on any atom is -0.508 e. The average molecular weight is 246 g/mol. The molecule has 0 radical (unpaired) electrons. The maximum atomic E-state index is 13.9. The lowest BCUT2D eigenvalue weighted by Gasteiger charge is -2.38. The molecule has 90 valence electrons. The summed E-state index contributed by atoms with van der Waals surface area (Å²) in [7, 11) is 0. The smallest absolute Gasteiger partial charge is 0.122 e. The van der Waals surface area contributed by atoms with Crippen LogP contribution in [0.1, 0.15) is 25.3 Å². The average Bonchev–Trinajstić information content (AvgIpc) is 2.23. The molecule has 1 aliphatic rings. The minimum absolute atomic E-state index is 0. The summed E-state index contributed by atoms with van der Waals surface area (Å²) >= 11 is 0. The number of hydrogen-bond acceptors (Lipinski definition) is 2. The summed E-state index contributed by atoms with van der Waals surface area (Å²) in [4.78, 5) is 0. The van der Waals surface area contributed by atoms with E-state index in [0.717, 1.165) is 18.5 Å². The summed E-state index contributed by atoms with van der Waals surface area (Å²) in [6.45, 7) is 2.68. The normalized spacial score (nSPS) is 29.5. The third-order valence-electron chi connectivity index (χ3n) is 3.20. The Balaban J connectivity index is 0.00000128. The maximum Gasteiger partial charge on any atom is 0.122 e. The summed E-state index contributed by atoms with van der Waals surface area (Å²) < 4.78 is 13.9. The molecule has 2 N–H and O–H groups in total. The summed E-state index contributed by atoms with van der Waals surface area (Å²) in [5.74, 6) is 0.188. The van der Waals surface area contributed by atoms with Gasteiger partial charge in [-0.25, -0.2) is 4.39 Å². The molecule has 1 aliphatic heterocycles. The molecule has 1 saturated heterocycles. The van der Waals surface area contributed by atoms with E-state index >= 15 is 0 Å². The fraction of sp³-hybridized carbons (Fsp3) is 0.500.